The fourth-order valence-corrected chi connectivity index (χ4v) is 2.63. The van der Waals surface area contributed by atoms with E-state index in [0.29, 0.717) is 29.6 Å². The van der Waals surface area contributed by atoms with Crippen molar-refractivity contribution in [2.75, 3.05) is 18.4 Å². The van der Waals surface area contributed by atoms with Crippen LogP contribution in [0.4, 0.5) is 5.69 Å². The van der Waals surface area contributed by atoms with Crippen LogP contribution in [-0.4, -0.2) is 34.1 Å². The average Bonchev–Trinajstić information content (AvgIpc) is 2.99. The number of hydrogen-bond donors (Lipinski definition) is 1. The van der Waals surface area contributed by atoms with E-state index in [-0.39, 0.29) is 5.91 Å². The van der Waals surface area contributed by atoms with Gasteiger partial charge in [-0.15, -0.1) is 23.0 Å². The Morgan fingerprint density at radius 3 is 2.48 bits per heavy atom. The molecule has 1 N–H and O–H groups in total. The summed E-state index contributed by atoms with van der Waals surface area (Å²) in [6.07, 6.45) is 10.6. The van der Waals surface area contributed by atoms with E-state index >= 15 is 0 Å². The van der Waals surface area contributed by atoms with Gasteiger partial charge in [0.1, 0.15) is 5.01 Å². The Morgan fingerprint density at radius 2 is 1.87 bits per heavy atom. The van der Waals surface area contributed by atoms with Crippen LogP contribution in [0.5, 0.6) is 0 Å². The van der Waals surface area contributed by atoms with Crippen molar-refractivity contribution in [2.24, 2.45) is 0 Å². The van der Waals surface area contributed by atoms with E-state index in [1.807, 2.05) is 36.1 Å². The lowest BCUT2D eigenvalue weighted by atomic mass is 10.2. The van der Waals surface area contributed by atoms with Crippen molar-refractivity contribution in [3.63, 3.8) is 0 Å². The van der Waals surface area contributed by atoms with Crippen LogP contribution >= 0.6 is 11.3 Å². The number of benzene rings is 1. The normalized spacial score (nSPS) is 10.1. The number of nitrogens with zero attached hydrogens (tertiary/aromatic N) is 3. The SMILES string of the molecule is C#CCN(CC#C)Cc1nnc(C(=O)Nc2ccc(C)cc2)s1. The molecule has 1 heterocycles. The van der Waals surface area contributed by atoms with Gasteiger partial charge in [-0.3, -0.25) is 9.69 Å². The van der Waals surface area contributed by atoms with Crippen molar-refractivity contribution < 1.29 is 4.79 Å². The van der Waals surface area contributed by atoms with Crippen LogP contribution in [0.25, 0.3) is 0 Å². The molecule has 0 unspecified atom stereocenters. The molecule has 0 fully saturated rings. The Bertz CT molecular complexity index is 736. The third kappa shape index (κ3) is 4.93. The lowest BCUT2D eigenvalue weighted by Gasteiger charge is -2.13. The molecular formula is C17H16N4OS. The molecule has 2 aromatic rings. The molecule has 0 atom stereocenters. The first-order chi connectivity index (χ1) is 11.1. The molecule has 6 heteroatoms. The van der Waals surface area contributed by atoms with E-state index in [1.54, 1.807) is 0 Å². The van der Waals surface area contributed by atoms with Crippen molar-refractivity contribution in [2.45, 2.75) is 13.5 Å². The number of nitrogens with one attached hydrogen (secondary N) is 1. The number of anilines is 1. The first-order valence-electron chi connectivity index (χ1n) is 6.92. The van der Waals surface area contributed by atoms with Crippen LogP contribution < -0.4 is 5.32 Å². The zero-order chi connectivity index (χ0) is 16.7. The minimum atomic E-state index is -0.280. The van der Waals surface area contributed by atoms with Gasteiger partial charge < -0.3 is 5.32 Å². The van der Waals surface area contributed by atoms with E-state index in [2.05, 4.69) is 27.4 Å². The second-order valence-electron chi connectivity index (χ2n) is 4.87. The Kier molecular flexibility index (Phi) is 5.87. The van der Waals surface area contributed by atoms with Crippen molar-refractivity contribution >= 4 is 22.9 Å². The number of hydrogen-bond acceptors (Lipinski definition) is 5. The Balaban J connectivity index is 2.00. The zero-order valence-corrected chi connectivity index (χ0v) is 13.6. The van der Waals surface area contributed by atoms with Gasteiger partial charge in [0.15, 0.2) is 0 Å². The van der Waals surface area contributed by atoms with Crippen molar-refractivity contribution in [1.29, 1.82) is 0 Å². The van der Waals surface area contributed by atoms with Crippen molar-refractivity contribution in [3.8, 4) is 24.7 Å². The monoisotopic (exact) mass is 324 g/mol. The molecule has 0 radical (unpaired) electrons. The lowest BCUT2D eigenvalue weighted by Crippen LogP contribution is -2.23. The summed E-state index contributed by atoms with van der Waals surface area (Å²) in [5, 5.41) is 11.8. The molecule has 0 aliphatic heterocycles. The van der Waals surface area contributed by atoms with E-state index in [0.717, 1.165) is 11.3 Å². The highest BCUT2D eigenvalue weighted by molar-refractivity contribution is 7.13. The van der Waals surface area contributed by atoms with Gasteiger partial charge in [-0.1, -0.05) is 40.9 Å². The first kappa shape index (κ1) is 16.7. The fraction of sp³-hybridized carbons (Fsp3) is 0.235. The lowest BCUT2D eigenvalue weighted by molar-refractivity contribution is 0.102. The molecule has 0 bridgehead atoms. The minimum absolute atomic E-state index is 0.280. The van der Waals surface area contributed by atoms with Crippen LogP contribution in [0.1, 0.15) is 20.4 Å². The smallest absolute Gasteiger partial charge is 0.286 e. The summed E-state index contributed by atoms with van der Waals surface area (Å²) in [6, 6.07) is 7.55. The second-order valence-corrected chi connectivity index (χ2v) is 5.94. The van der Waals surface area contributed by atoms with Gasteiger partial charge in [0.05, 0.1) is 19.6 Å². The van der Waals surface area contributed by atoms with E-state index < -0.39 is 0 Å². The summed E-state index contributed by atoms with van der Waals surface area (Å²) >= 11 is 1.23. The number of amides is 1. The molecular weight excluding hydrogens is 308 g/mol. The van der Waals surface area contributed by atoms with Gasteiger partial charge in [-0.05, 0) is 19.1 Å². The first-order valence-corrected chi connectivity index (χ1v) is 7.73. The van der Waals surface area contributed by atoms with E-state index in [9.17, 15) is 4.79 Å². The highest BCUT2D eigenvalue weighted by Gasteiger charge is 2.14. The predicted molar refractivity (Wildman–Crippen MR) is 92.0 cm³/mol. The third-order valence-corrected chi connectivity index (χ3v) is 3.87. The van der Waals surface area contributed by atoms with Gasteiger partial charge in [0.2, 0.25) is 5.01 Å². The molecule has 0 aliphatic rings. The van der Waals surface area contributed by atoms with Crippen molar-refractivity contribution in [1.82, 2.24) is 15.1 Å². The fourth-order valence-electron chi connectivity index (χ4n) is 1.85. The van der Waals surface area contributed by atoms with Gasteiger partial charge in [0.25, 0.3) is 5.91 Å². The number of terminal acetylenes is 2. The predicted octanol–water partition coefficient (Wildman–Crippen LogP) is 2.17. The summed E-state index contributed by atoms with van der Waals surface area (Å²) in [5.74, 6) is 4.81. The molecule has 0 saturated carbocycles. The number of aromatic nitrogens is 2. The number of carbonyl (C=O) groups excluding carboxylic acids is 1. The van der Waals surface area contributed by atoms with Crippen LogP contribution in [0.2, 0.25) is 0 Å². The molecule has 1 amide bonds. The summed E-state index contributed by atoms with van der Waals surface area (Å²) in [5.41, 5.74) is 1.85. The minimum Gasteiger partial charge on any atom is -0.320 e. The summed E-state index contributed by atoms with van der Waals surface area (Å²) in [7, 11) is 0. The Morgan fingerprint density at radius 1 is 1.22 bits per heavy atom. The molecule has 0 spiro atoms. The molecule has 1 aromatic heterocycles. The molecule has 2 rings (SSSR count). The molecule has 1 aromatic carbocycles. The maximum absolute atomic E-state index is 12.2. The number of carbonyl (C=O) groups is 1. The summed E-state index contributed by atoms with van der Waals surface area (Å²) in [4.78, 5) is 14.0. The summed E-state index contributed by atoms with van der Waals surface area (Å²) < 4.78 is 0. The van der Waals surface area contributed by atoms with Crippen LogP contribution in [-0.2, 0) is 6.54 Å². The van der Waals surface area contributed by atoms with Gasteiger partial charge in [-0.2, -0.15) is 0 Å². The van der Waals surface area contributed by atoms with Crippen molar-refractivity contribution in [3.05, 3.63) is 39.8 Å². The van der Waals surface area contributed by atoms with Gasteiger partial charge >= 0.3 is 0 Å². The van der Waals surface area contributed by atoms with Crippen LogP contribution in [0.15, 0.2) is 24.3 Å². The highest BCUT2D eigenvalue weighted by atomic mass is 32.1. The summed E-state index contributed by atoms with van der Waals surface area (Å²) in [6.45, 7) is 3.31. The molecule has 5 nitrogen and oxygen atoms in total. The van der Waals surface area contributed by atoms with Gasteiger partial charge in [-0.25, -0.2) is 0 Å². The van der Waals surface area contributed by atoms with E-state index in [4.69, 9.17) is 12.8 Å². The number of aryl methyl sites for hydroxylation is 1. The maximum Gasteiger partial charge on any atom is 0.286 e. The number of rotatable bonds is 6. The molecule has 116 valence electrons. The van der Waals surface area contributed by atoms with Gasteiger partial charge in [0, 0.05) is 5.69 Å². The topological polar surface area (TPSA) is 58.1 Å². The largest absolute Gasteiger partial charge is 0.320 e. The molecule has 0 aliphatic carbocycles. The Hall–Kier alpha value is -2.67. The quantitative estimate of drug-likeness (QED) is 0.828. The van der Waals surface area contributed by atoms with Crippen LogP contribution in [0, 0.1) is 31.6 Å². The Labute approximate surface area is 139 Å². The van der Waals surface area contributed by atoms with Crippen LogP contribution in [0.3, 0.4) is 0 Å². The average molecular weight is 324 g/mol. The zero-order valence-electron chi connectivity index (χ0n) is 12.7. The highest BCUT2D eigenvalue weighted by Crippen LogP contribution is 2.15. The molecule has 0 saturated heterocycles. The van der Waals surface area contributed by atoms with E-state index in [1.165, 1.54) is 11.3 Å². The third-order valence-electron chi connectivity index (χ3n) is 2.96. The molecule has 23 heavy (non-hydrogen) atoms. The maximum atomic E-state index is 12.2. The standard InChI is InChI=1S/C17H16N4OS/c1-4-10-21(11-5-2)12-15-19-20-17(23-15)16(22)18-14-8-6-13(3)7-9-14/h1-2,6-9H,10-12H2,3H3,(H,18,22). The second kappa shape index (κ2) is 8.09.